The van der Waals surface area contributed by atoms with E-state index in [1.807, 2.05) is 6.92 Å². The molecule has 0 amide bonds. The lowest BCUT2D eigenvalue weighted by molar-refractivity contribution is 0.0511. The molecule has 0 heterocycles. The summed E-state index contributed by atoms with van der Waals surface area (Å²) in [6, 6.07) is 8.86. The highest BCUT2D eigenvalue weighted by Crippen LogP contribution is 2.17. The van der Waals surface area contributed by atoms with Crippen LogP contribution in [-0.4, -0.2) is 23.3 Å². The first-order chi connectivity index (χ1) is 7.89. The van der Waals surface area contributed by atoms with Crippen LogP contribution in [-0.2, 0) is 6.42 Å². The Morgan fingerprint density at radius 3 is 2.35 bits per heavy atom. The Morgan fingerprint density at radius 1 is 1.24 bits per heavy atom. The molecule has 96 valence electrons. The molecule has 0 saturated heterocycles. The summed E-state index contributed by atoms with van der Waals surface area (Å²) in [5, 5.41) is 13.6. The van der Waals surface area contributed by atoms with Crippen molar-refractivity contribution in [2.75, 3.05) is 6.54 Å². The molecule has 1 unspecified atom stereocenters. The van der Waals surface area contributed by atoms with E-state index in [2.05, 4.69) is 50.4 Å². The van der Waals surface area contributed by atoms with Gasteiger partial charge < -0.3 is 10.4 Å². The minimum Gasteiger partial charge on any atom is -0.390 e. The number of hydrogen-bond acceptors (Lipinski definition) is 2. The van der Waals surface area contributed by atoms with Gasteiger partial charge in [-0.25, -0.2) is 0 Å². The first-order valence-corrected chi connectivity index (χ1v) is 6.40. The summed E-state index contributed by atoms with van der Waals surface area (Å²) in [7, 11) is 0. The van der Waals surface area contributed by atoms with Crippen LogP contribution in [0.25, 0.3) is 0 Å². The van der Waals surface area contributed by atoms with Crippen molar-refractivity contribution in [2.45, 2.75) is 52.2 Å². The van der Waals surface area contributed by atoms with Crippen LogP contribution < -0.4 is 5.32 Å². The van der Waals surface area contributed by atoms with E-state index in [-0.39, 0.29) is 0 Å². The van der Waals surface area contributed by atoms with Crippen LogP contribution in [0.2, 0.25) is 0 Å². The Kier molecular flexibility index (Phi) is 5.16. The second-order valence-corrected chi connectivity index (χ2v) is 5.52. The van der Waals surface area contributed by atoms with Gasteiger partial charge in [0.05, 0.1) is 5.60 Å². The molecule has 2 N–H and O–H groups in total. The zero-order valence-electron chi connectivity index (χ0n) is 11.5. The number of aryl methyl sites for hydroxylation is 1. The lowest BCUT2D eigenvalue weighted by Crippen LogP contribution is -2.34. The average Bonchev–Trinajstić information content (AvgIpc) is 2.20. The van der Waals surface area contributed by atoms with Gasteiger partial charge in [0.2, 0.25) is 0 Å². The summed E-state index contributed by atoms with van der Waals surface area (Å²) in [5.41, 5.74) is 1.83. The third-order valence-corrected chi connectivity index (χ3v) is 2.92. The van der Waals surface area contributed by atoms with E-state index in [1.165, 1.54) is 11.1 Å². The zero-order valence-corrected chi connectivity index (χ0v) is 11.5. The fourth-order valence-corrected chi connectivity index (χ4v) is 1.86. The zero-order chi connectivity index (χ0) is 12.9. The molecule has 2 heteroatoms. The standard InChI is InChI=1S/C15H25NO/c1-12(2)16-10-9-15(4,17)11-14-7-5-13(3)6-8-14/h5-8,12,16-17H,9-11H2,1-4H3. The van der Waals surface area contributed by atoms with Crippen molar-refractivity contribution in [3.63, 3.8) is 0 Å². The molecular weight excluding hydrogens is 210 g/mol. The van der Waals surface area contributed by atoms with E-state index in [1.54, 1.807) is 0 Å². The molecule has 0 aliphatic heterocycles. The molecule has 0 bridgehead atoms. The first kappa shape index (κ1) is 14.2. The van der Waals surface area contributed by atoms with Gasteiger partial charge in [-0.1, -0.05) is 43.7 Å². The van der Waals surface area contributed by atoms with Gasteiger partial charge in [0, 0.05) is 12.5 Å². The van der Waals surface area contributed by atoms with E-state index < -0.39 is 5.60 Å². The minimum absolute atomic E-state index is 0.477. The predicted molar refractivity (Wildman–Crippen MR) is 73.3 cm³/mol. The van der Waals surface area contributed by atoms with Gasteiger partial charge in [0.1, 0.15) is 0 Å². The van der Waals surface area contributed by atoms with Crippen LogP contribution in [0.3, 0.4) is 0 Å². The Labute approximate surface area is 105 Å². The largest absolute Gasteiger partial charge is 0.390 e. The molecule has 0 aliphatic carbocycles. The molecule has 0 radical (unpaired) electrons. The number of benzene rings is 1. The molecule has 17 heavy (non-hydrogen) atoms. The topological polar surface area (TPSA) is 32.3 Å². The number of rotatable bonds is 6. The Morgan fingerprint density at radius 2 is 1.82 bits per heavy atom. The highest BCUT2D eigenvalue weighted by molar-refractivity contribution is 5.22. The second-order valence-electron chi connectivity index (χ2n) is 5.52. The Balaban J connectivity index is 2.45. The van der Waals surface area contributed by atoms with Gasteiger partial charge in [-0.2, -0.15) is 0 Å². The average molecular weight is 235 g/mol. The van der Waals surface area contributed by atoms with Gasteiger partial charge in [0.25, 0.3) is 0 Å². The maximum absolute atomic E-state index is 10.3. The molecule has 0 spiro atoms. The van der Waals surface area contributed by atoms with E-state index in [0.717, 1.165) is 13.0 Å². The number of hydrogen-bond donors (Lipinski definition) is 2. The maximum Gasteiger partial charge on any atom is 0.0672 e. The summed E-state index contributed by atoms with van der Waals surface area (Å²) in [5.74, 6) is 0. The quantitative estimate of drug-likeness (QED) is 0.794. The number of aliphatic hydroxyl groups is 1. The predicted octanol–water partition coefficient (Wildman–Crippen LogP) is 2.68. The molecule has 0 aromatic heterocycles. The van der Waals surface area contributed by atoms with Gasteiger partial charge in [0.15, 0.2) is 0 Å². The first-order valence-electron chi connectivity index (χ1n) is 6.40. The van der Waals surface area contributed by atoms with Crippen molar-refractivity contribution in [3.8, 4) is 0 Å². The SMILES string of the molecule is Cc1ccc(CC(C)(O)CCNC(C)C)cc1. The molecule has 1 atom stereocenters. The normalized spacial score (nSPS) is 14.9. The monoisotopic (exact) mass is 235 g/mol. The van der Waals surface area contributed by atoms with Crippen LogP contribution in [0.4, 0.5) is 0 Å². The fraction of sp³-hybridized carbons (Fsp3) is 0.600. The fourth-order valence-electron chi connectivity index (χ4n) is 1.86. The van der Waals surface area contributed by atoms with Gasteiger partial charge in [-0.15, -0.1) is 0 Å². The maximum atomic E-state index is 10.3. The van der Waals surface area contributed by atoms with Crippen molar-refractivity contribution in [1.82, 2.24) is 5.32 Å². The molecule has 2 nitrogen and oxygen atoms in total. The Hall–Kier alpha value is -0.860. The van der Waals surface area contributed by atoms with E-state index >= 15 is 0 Å². The molecule has 1 rings (SSSR count). The second kappa shape index (κ2) is 6.18. The molecule has 1 aromatic carbocycles. The highest BCUT2D eigenvalue weighted by atomic mass is 16.3. The van der Waals surface area contributed by atoms with E-state index in [0.29, 0.717) is 12.5 Å². The number of nitrogens with one attached hydrogen (secondary N) is 1. The van der Waals surface area contributed by atoms with Crippen LogP contribution >= 0.6 is 0 Å². The third kappa shape index (κ3) is 5.85. The van der Waals surface area contributed by atoms with Crippen LogP contribution in [0.15, 0.2) is 24.3 Å². The van der Waals surface area contributed by atoms with Gasteiger partial charge in [-0.3, -0.25) is 0 Å². The van der Waals surface area contributed by atoms with Gasteiger partial charge in [-0.05, 0) is 32.4 Å². The lowest BCUT2D eigenvalue weighted by atomic mass is 9.93. The van der Waals surface area contributed by atoms with Crippen LogP contribution in [0.5, 0.6) is 0 Å². The van der Waals surface area contributed by atoms with Gasteiger partial charge >= 0.3 is 0 Å². The minimum atomic E-state index is -0.628. The third-order valence-electron chi connectivity index (χ3n) is 2.92. The van der Waals surface area contributed by atoms with Crippen LogP contribution in [0.1, 0.15) is 38.3 Å². The lowest BCUT2D eigenvalue weighted by Gasteiger charge is -2.24. The molecule has 1 aromatic rings. The van der Waals surface area contributed by atoms with E-state index in [4.69, 9.17) is 0 Å². The molecular formula is C15H25NO. The summed E-state index contributed by atoms with van der Waals surface area (Å²) in [6.07, 6.45) is 1.49. The van der Waals surface area contributed by atoms with Crippen LogP contribution in [0, 0.1) is 6.92 Å². The molecule has 0 saturated carbocycles. The molecule has 0 aliphatic rings. The van der Waals surface area contributed by atoms with Crippen molar-refractivity contribution >= 4 is 0 Å². The van der Waals surface area contributed by atoms with Crippen molar-refractivity contribution in [3.05, 3.63) is 35.4 Å². The summed E-state index contributed by atoms with van der Waals surface area (Å²) in [6.45, 7) is 9.09. The highest BCUT2D eigenvalue weighted by Gasteiger charge is 2.20. The smallest absolute Gasteiger partial charge is 0.0672 e. The Bertz CT molecular complexity index is 327. The van der Waals surface area contributed by atoms with Crippen molar-refractivity contribution in [1.29, 1.82) is 0 Å². The summed E-state index contributed by atoms with van der Waals surface area (Å²) >= 11 is 0. The summed E-state index contributed by atoms with van der Waals surface area (Å²) < 4.78 is 0. The van der Waals surface area contributed by atoms with Crippen molar-refractivity contribution < 1.29 is 5.11 Å². The molecule has 0 fully saturated rings. The van der Waals surface area contributed by atoms with E-state index in [9.17, 15) is 5.11 Å². The van der Waals surface area contributed by atoms with Crippen molar-refractivity contribution in [2.24, 2.45) is 0 Å². The summed E-state index contributed by atoms with van der Waals surface area (Å²) in [4.78, 5) is 0.